The van der Waals surface area contributed by atoms with Crippen LogP contribution in [0.1, 0.15) is 12.2 Å². The monoisotopic (exact) mass is 348 g/mol. The maximum absolute atomic E-state index is 12.7. The number of aryl methyl sites for hydroxylation is 1. The van der Waals surface area contributed by atoms with Crippen LogP contribution in [0.3, 0.4) is 0 Å². The lowest BCUT2D eigenvalue weighted by molar-refractivity contribution is -0.137. The number of carbonyl (C=O) groups excluding carboxylic acids is 1. The largest absolute Gasteiger partial charge is 0.483 e. The first-order chi connectivity index (χ1) is 12.2. The quantitative estimate of drug-likeness (QED) is 0.661. The van der Waals surface area contributed by atoms with E-state index in [1.807, 2.05) is 9.58 Å². The third-order valence-electron chi connectivity index (χ3n) is 4.45. The summed E-state index contributed by atoms with van der Waals surface area (Å²) < 4.78 is 1.86. The van der Waals surface area contributed by atoms with E-state index in [4.69, 9.17) is 9.90 Å². The number of carbonyl (C=O) groups is 2. The summed E-state index contributed by atoms with van der Waals surface area (Å²) in [5, 5.41) is 17.8. The van der Waals surface area contributed by atoms with Gasteiger partial charge >= 0.3 is 0 Å². The number of hydrogen-bond acceptors (Lipinski definition) is 7. The van der Waals surface area contributed by atoms with E-state index in [2.05, 4.69) is 30.2 Å². The van der Waals surface area contributed by atoms with Crippen molar-refractivity contribution in [2.45, 2.75) is 19.4 Å². The Hall–Kier alpha value is -2.98. The fraction of sp³-hybridized carbons (Fsp3) is 0.571. The third kappa shape index (κ3) is 3.75. The van der Waals surface area contributed by atoms with Crippen molar-refractivity contribution in [1.29, 1.82) is 0 Å². The van der Waals surface area contributed by atoms with E-state index in [1.54, 1.807) is 6.33 Å². The second kappa shape index (κ2) is 7.73. The van der Waals surface area contributed by atoms with E-state index >= 15 is 0 Å². The lowest BCUT2D eigenvalue weighted by Gasteiger charge is -2.36. The molecule has 1 saturated heterocycles. The smallest absolute Gasteiger partial charge is 0.290 e. The van der Waals surface area contributed by atoms with Crippen molar-refractivity contribution in [2.24, 2.45) is 5.92 Å². The van der Waals surface area contributed by atoms with Crippen LogP contribution in [0.2, 0.25) is 0 Å². The highest BCUT2D eigenvalue weighted by molar-refractivity contribution is 5.79. The number of aromatic nitrogens is 6. The van der Waals surface area contributed by atoms with Gasteiger partial charge in [-0.1, -0.05) is 0 Å². The Kier molecular flexibility index (Phi) is 5.21. The predicted molar refractivity (Wildman–Crippen MR) is 85.7 cm³/mol. The van der Waals surface area contributed by atoms with Crippen LogP contribution in [-0.2, 0) is 22.6 Å². The lowest BCUT2D eigenvalue weighted by atomic mass is 9.98. The summed E-state index contributed by atoms with van der Waals surface area (Å²) in [7, 11) is 0. The molecule has 0 aliphatic carbocycles. The van der Waals surface area contributed by atoms with Gasteiger partial charge in [-0.05, 0) is 6.42 Å². The molecule has 134 valence electrons. The normalized spacial score (nSPS) is 19.6. The number of carboxylic acid groups (broad SMARTS) is 1. The van der Waals surface area contributed by atoms with E-state index in [-0.39, 0.29) is 18.3 Å². The van der Waals surface area contributed by atoms with E-state index < -0.39 is 0 Å². The van der Waals surface area contributed by atoms with Gasteiger partial charge in [-0.25, -0.2) is 14.8 Å². The van der Waals surface area contributed by atoms with Gasteiger partial charge in [0.15, 0.2) is 0 Å². The molecule has 11 nitrogen and oxygen atoms in total. The molecular weight excluding hydrogens is 328 g/mol. The molecule has 2 aromatic rings. The van der Waals surface area contributed by atoms with Gasteiger partial charge in [-0.2, -0.15) is 15.2 Å². The number of anilines is 1. The molecule has 4 rings (SSSR count). The molecule has 0 bridgehead atoms. The van der Waals surface area contributed by atoms with Gasteiger partial charge in [0.2, 0.25) is 11.9 Å². The Balaban J connectivity index is 0.000000569. The molecule has 2 N–H and O–H groups in total. The Morgan fingerprint density at radius 2 is 2.00 bits per heavy atom. The summed E-state index contributed by atoms with van der Waals surface area (Å²) >= 11 is 0. The fourth-order valence-corrected chi connectivity index (χ4v) is 3.19. The Labute approximate surface area is 143 Å². The minimum absolute atomic E-state index is 0.0195. The summed E-state index contributed by atoms with van der Waals surface area (Å²) in [4.78, 5) is 33.5. The number of rotatable bonds is 2. The number of H-pyrrole nitrogens is 1. The molecule has 4 heterocycles. The highest BCUT2D eigenvalue weighted by atomic mass is 16.3. The van der Waals surface area contributed by atoms with Crippen LogP contribution in [0, 0.1) is 5.92 Å². The fourth-order valence-electron chi connectivity index (χ4n) is 3.19. The van der Waals surface area contributed by atoms with Crippen LogP contribution < -0.4 is 4.90 Å². The molecular formula is C14H20N8O3. The van der Waals surface area contributed by atoms with Gasteiger partial charge in [0, 0.05) is 32.6 Å². The summed E-state index contributed by atoms with van der Waals surface area (Å²) in [5.41, 5.74) is 0. The predicted octanol–water partition coefficient (Wildman–Crippen LogP) is -0.992. The number of piperazine rings is 1. The van der Waals surface area contributed by atoms with E-state index in [9.17, 15) is 4.79 Å². The van der Waals surface area contributed by atoms with Crippen molar-refractivity contribution in [2.75, 3.05) is 31.1 Å². The number of fused-ring (bicyclic) bond motifs is 1. The Morgan fingerprint density at radius 3 is 2.68 bits per heavy atom. The SMILES string of the molecule is O=C(C1CCc2ncnn2C1)N1CCN(c2ncn[nH]2)CC1.O=CO. The van der Waals surface area contributed by atoms with Gasteiger partial charge in [0.25, 0.3) is 6.47 Å². The third-order valence-corrected chi connectivity index (χ3v) is 4.45. The van der Waals surface area contributed by atoms with Gasteiger partial charge in [-0.15, -0.1) is 0 Å². The average molecular weight is 348 g/mol. The van der Waals surface area contributed by atoms with Crippen molar-refractivity contribution >= 4 is 18.3 Å². The van der Waals surface area contributed by atoms with Gasteiger partial charge < -0.3 is 14.9 Å². The molecule has 0 saturated carbocycles. The number of nitrogens with zero attached hydrogens (tertiary/aromatic N) is 7. The molecule has 2 aliphatic heterocycles. The first-order valence-corrected chi connectivity index (χ1v) is 8.06. The van der Waals surface area contributed by atoms with Crippen LogP contribution in [-0.4, -0.2) is 78.5 Å². The van der Waals surface area contributed by atoms with Crippen LogP contribution in [0.5, 0.6) is 0 Å². The molecule has 0 spiro atoms. The average Bonchev–Trinajstić information content (AvgIpc) is 3.33. The second-order valence-electron chi connectivity index (χ2n) is 5.82. The molecule has 1 unspecified atom stereocenters. The highest BCUT2D eigenvalue weighted by Gasteiger charge is 2.31. The first kappa shape index (κ1) is 16.9. The zero-order valence-corrected chi connectivity index (χ0v) is 13.7. The minimum atomic E-state index is -0.250. The number of hydrogen-bond donors (Lipinski definition) is 2. The Bertz CT molecular complexity index is 693. The van der Waals surface area contributed by atoms with Crippen molar-refractivity contribution in [3.05, 3.63) is 18.5 Å². The molecule has 2 aliphatic rings. The van der Waals surface area contributed by atoms with Crippen molar-refractivity contribution in [1.82, 2.24) is 34.8 Å². The zero-order chi connectivity index (χ0) is 17.6. The van der Waals surface area contributed by atoms with Crippen LogP contribution in [0.15, 0.2) is 12.7 Å². The van der Waals surface area contributed by atoms with E-state index in [1.165, 1.54) is 6.33 Å². The molecule has 25 heavy (non-hydrogen) atoms. The molecule has 0 aromatic carbocycles. The number of amides is 1. The topological polar surface area (TPSA) is 133 Å². The summed E-state index contributed by atoms with van der Waals surface area (Å²) in [6.07, 6.45) is 4.76. The van der Waals surface area contributed by atoms with Gasteiger partial charge in [0.05, 0.1) is 12.5 Å². The summed E-state index contributed by atoms with van der Waals surface area (Å²) in [6.45, 7) is 3.40. The zero-order valence-electron chi connectivity index (χ0n) is 13.7. The Morgan fingerprint density at radius 1 is 1.24 bits per heavy atom. The van der Waals surface area contributed by atoms with E-state index in [0.717, 1.165) is 50.8 Å². The molecule has 1 amide bonds. The van der Waals surface area contributed by atoms with Gasteiger partial charge in [-0.3, -0.25) is 9.59 Å². The molecule has 2 aromatic heterocycles. The maximum Gasteiger partial charge on any atom is 0.290 e. The molecule has 0 radical (unpaired) electrons. The van der Waals surface area contributed by atoms with Crippen LogP contribution >= 0.6 is 0 Å². The summed E-state index contributed by atoms with van der Waals surface area (Å²) in [5.74, 6) is 2.01. The number of nitrogens with one attached hydrogen (secondary N) is 1. The van der Waals surface area contributed by atoms with Crippen LogP contribution in [0.4, 0.5) is 5.95 Å². The highest BCUT2D eigenvalue weighted by Crippen LogP contribution is 2.21. The molecule has 1 atom stereocenters. The molecule has 1 fully saturated rings. The first-order valence-electron chi connectivity index (χ1n) is 8.06. The van der Waals surface area contributed by atoms with Crippen molar-refractivity contribution < 1.29 is 14.7 Å². The maximum atomic E-state index is 12.7. The number of aromatic amines is 1. The van der Waals surface area contributed by atoms with Crippen molar-refractivity contribution in [3.63, 3.8) is 0 Å². The van der Waals surface area contributed by atoms with Crippen molar-refractivity contribution in [3.8, 4) is 0 Å². The lowest BCUT2D eigenvalue weighted by Crippen LogP contribution is -2.51. The summed E-state index contributed by atoms with van der Waals surface area (Å²) in [6, 6.07) is 0. The molecule has 11 heteroatoms. The van der Waals surface area contributed by atoms with Crippen LogP contribution in [0.25, 0.3) is 0 Å². The second-order valence-corrected chi connectivity index (χ2v) is 5.82. The van der Waals surface area contributed by atoms with Gasteiger partial charge in [0.1, 0.15) is 18.5 Å². The minimum Gasteiger partial charge on any atom is -0.483 e. The van der Waals surface area contributed by atoms with E-state index in [0.29, 0.717) is 6.54 Å². The standard InChI is InChI=1S/C13H18N8O.CH2O2/c22-12(10-1-2-11-14-9-17-21(11)7-10)19-3-5-20(6-4-19)13-15-8-16-18-13;2-1-3/h8-10H,1-7H2,(H,15,16,18);1H,(H,2,3).